The first-order chi connectivity index (χ1) is 13.4. The summed E-state index contributed by atoms with van der Waals surface area (Å²) in [6.45, 7) is 1.60. The molecule has 5 nitrogen and oxygen atoms in total. The molecular weight excluding hydrogens is 399 g/mol. The van der Waals surface area contributed by atoms with Gasteiger partial charge in [0, 0.05) is 10.0 Å². The topological polar surface area (TPSA) is 67.4 Å². The summed E-state index contributed by atoms with van der Waals surface area (Å²) in [5.41, 5.74) is 5.19. The normalized spacial score (nSPS) is 11.7. The van der Waals surface area contributed by atoms with Crippen LogP contribution >= 0.6 is 23.2 Å². The molecule has 0 spiro atoms. The molecule has 2 N–H and O–H groups in total. The summed E-state index contributed by atoms with van der Waals surface area (Å²) in [6.07, 6.45) is -0.857. The van der Waals surface area contributed by atoms with Crippen molar-refractivity contribution >= 4 is 45.8 Å². The van der Waals surface area contributed by atoms with E-state index in [0.29, 0.717) is 21.4 Å². The third-order valence-electron chi connectivity index (χ3n) is 4.13. The Bertz CT molecular complexity index is 1000. The van der Waals surface area contributed by atoms with Crippen molar-refractivity contribution < 1.29 is 14.3 Å². The number of ether oxygens (including phenoxy) is 1. The van der Waals surface area contributed by atoms with Crippen LogP contribution < -0.4 is 15.6 Å². The number of fused-ring (bicyclic) bond motifs is 1. The molecule has 0 radical (unpaired) electrons. The first-order valence-corrected chi connectivity index (χ1v) is 9.36. The van der Waals surface area contributed by atoms with Gasteiger partial charge < -0.3 is 4.74 Å². The van der Waals surface area contributed by atoms with Crippen LogP contribution in [0.1, 0.15) is 12.5 Å². The van der Waals surface area contributed by atoms with Gasteiger partial charge in [0.2, 0.25) is 5.91 Å². The summed E-state index contributed by atoms with van der Waals surface area (Å²) in [4.78, 5) is 24.3. The second-order valence-corrected chi connectivity index (χ2v) is 7.00. The Balaban J connectivity index is 1.54. The molecule has 0 aliphatic heterocycles. The lowest BCUT2D eigenvalue weighted by atomic mass is 10.1. The molecule has 0 heterocycles. The van der Waals surface area contributed by atoms with E-state index in [0.717, 1.165) is 10.8 Å². The van der Waals surface area contributed by atoms with Crippen molar-refractivity contribution in [3.05, 3.63) is 76.3 Å². The number of hydrogen-bond donors (Lipinski definition) is 2. The Morgan fingerprint density at radius 2 is 1.61 bits per heavy atom. The summed E-state index contributed by atoms with van der Waals surface area (Å²) in [5.74, 6) is -0.358. The van der Waals surface area contributed by atoms with Crippen LogP contribution in [0.4, 0.5) is 0 Å². The average Bonchev–Trinajstić information content (AvgIpc) is 2.69. The number of carbonyl (C=O) groups excluding carboxylic acids is 2. The van der Waals surface area contributed by atoms with Crippen LogP contribution in [0.5, 0.6) is 5.75 Å². The third kappa shape index (κ3) is 4.94. The fourth-order valence-electron chi connectivity index (χ4n) is 2.64. The van der Waals surface area contributed by atoms with Crippen molar-refractivity contribution in [2.45, 2.75) is 19.4 Å². The molecule has 144 valence electrons. The predicted octanol–water partition coefficient (Wildman–Crippen LogP) is 4.30. The Morgan fingerprint density at radius 3 is 2.32 bits per heavy atom. The minimum atomic E-state index is -0.801. The maximum Gasteiger partial charge on any atom is 0.279 e. The van der Waals surface area contributed by atoms with Crippen LogP contribution in [0.2, 0.25) is 10.0 Å². The molecule has 0 fully saturated rings. The third-order valence-corrected chi connectivity index (χ3v) is 4.84. The van der Waals surface area contributed by atoms with Crippen molar-refractivity contribution in [1.29, 1.82) is 0 Å². The van der Waals surface area contributed by atoms with E-state index < -0.39 is 17.9 Å². The molecule has 0 unspecified atom stereocenters. The molecule has 0 saturated carbocycles. The van der Waals surface area contributed by atoms with Gasteiger partial charge in [-0.05, 0) is 47.5 Å². The first kappa shape index (κ1) is 20.0. The number of carbonyl (C=O) groups is 2. The minimum absolute atomic E-state index is 0.0568. The molecule has 2 amide bonds. The van der Waals surface area contributed by atoms with Crippen molar-refractivity contribution in [3.8, 4) is 5.75 Å². The van der Waals surface area contributed by atoms with E-state index in [9.17, 15) is 9.59 Å². The second kappa shape index (κ2) is 8.95. The molecule has 1 atom stereocenters. The number of halogens is 2. The number of benzene rings is 3. The lowest BCUT2D eigenvalue weighted by Gasteiger charge is -2.16. The fourth-order valence-corrected chi connectivity index (χ4v) is 3.17. The van der Waals surface area contributed by atoms with Crippen LogP contribution in [-0.4, -0.2) is 17.9 Å². The smallest absolute Gasteiger partial charge is 0.279 e. The van der Waals surface area contributed by atoms with Crippen LogP contribution in [0.25, 0.3) is 10.8 Å². The van der Waals surface area contributed by atoms with Gasteiger partial charge in [-0.3, -0.25) is 20.4 Å². The quantitative estimate of drug-likeness (QED) is 0.609. The largest absolute Gasteiger partial charge is 0.481 e. The monoisotopic (exact) mass is 416 g/mol. The van der Waals surface area contributed by atoms with Crippen LogP contribution in [0.15, 0.2) is 60.7 Å². The second-order valence-electron chi connectivity index (χ2n) is 6.18. The maximum absolute atomic E-state index is 12.2. The van der Waals surface area contributed by atoms with Gasteiger partial charge in [-0.2, -0.15) is 0 Å². The van der Waals surface area contributed by atoms with E-state index in [4.69, 9.17) is 27.9 Å². The molecule has 7 heteroatoms. The zero-order valence-electron chi connectivity index (χ0n) is 15.0. The number of rotatable bonds is 5. The SMILES string of the molecule is C[C@@H](Oc1ccc2ccccc2c1)C(=O)NNC(=O)Cc1c(Cl)cccc1Cl. The van der Waals surface area contributed by atoms with E-state index in [1.807, 2.05) is 36.4 Å². The lowest BCUT2D eigenvalue weighted by Crippen LogP contribution is -2.47. The molecule has 3 rings (SSSR count). The lowest BCUT2D eigenvalue weighted by molar-refractivity contribution is -0.132. The Labute approximate surface area is 172 Å². The van der Waals surface area contributed by atoms with E-state index >= 15 is 0 Å². The number of hydrogen-bond acceptors (Lipinski definition) is 3. The van der Waals surface area contributed by atoms with Crippen molar-refractivity contribution in [1.82, 2.24) is 10.9 Å². The average molecular weight is 417 g/mol. The Kier molecular flexibility index (Phi) is 6.39. The molecule has 28 heavy (non-hydrogen) atoms. The minimum Gasteiger partial charge on any atom is -0.481 e. The zero-order chi connectivity index (χ0) is 20.1. The highest BCUT2D eigenvalue weighted by molar-refractivity contribution is 6.36. The Morgan fingerprint density at radius 1 is 0.929 bits per heavy atom. The summed E-state index contributed by atoms with van der Waals surface area (Å²) >= 11 is 12.1. The van der Waals surface area contributed by atoms with Crippen molar-refractivity contribution in [2.75, 3.05) is 0 Å². The summed E-state index contributed by atoms with van der Waals surface area (Å²) in [5, 5.41) is 2.87. The Hall–Kier alpha value is -2.76. The fraction of sp³-hybridized carbons (Fsp3) is 0.143. The van der Waals surface area contributed by atoms with Gasteiger partial charge in [0.05, 0.1) is 6.42 Å². The van der Waals surface area contributed by atoms with Gasteiger partial charge in [-0.25, -0.2) is 0 Å². The highest BCUT2D eigenvalue weighted by atomic mass is 35.5. The molecule has 3 aromatic rings. The van der Waals surface area contributed by atoms with Gasteiger partial charge in [-0.15, -0.1) is 0 Å². The highest BCUT2D eigenvalue weighted by Gasteiger charge is 2.17. The summed E-state index contributed by atoms with van der Waals surface area (Å²) in [7, 11) is 0. The van der Waals surface area contributed by atoms with E-state index in [-0.39, 0.29) is 6.42 Å². The van der Waals surface area contributed by atoms with Gasteiger partial charge in [0.1, 0.15) is 5.75 Å². The number of nitrogens with one attached hydrogen (secondary N) is 2. The van der Waals surface area contributed by atoms with Gasteiger partial charge in [0.25, 0.3) is 5.91 Å². The highest BCUT2D eigenvalue weighted by Crippen LogP contribution is 2.24. The van der Waals surface area contributed by atoms with Gasteiger partial charge in [0.15, 0.2) is 6.10 Å². The zero-order valence-corrected chi connectivity index (χ0v) is 16.6. The first-order valence-electron chi connectivity index (χ1n) is 8.61. The predicted molar refractivity (Wildman–Crippen MR) is 110 cm³/mol. The number of hydrazine groups is 1. The van der Waals surface area contributed by atoms with Gasteiger partial charge >= 0.3 is 0 Å². The molecule has 3 aromatic carbocycles. The van der Waals surface area contributed by atoms with Gasteiger partial charge in [-0.1, -0.05) is 59.6 Å². The standard InChI is InChI=1S/C21H18Cl2N2O3/c1-13(28-16-10-9-14-5-2-3-6-15(14)11-16)21(27)25-24-20(26)12-17-18(22)7-4-8-19(17)23/h2-11,13H,12H2,1H3,(H,24,26)(H,25,27)/t13-/m1/s1. The van der Waals surface area contributed by atoms with E-state index in [1.54, 1.807) is 31.2 Å². The summed E-state index contributed by atoms with van der Waals surface area (Å²) in [6, 6.07) is 18.4. The van der Waals surface area contributed by atoms with Crippen LogP contribution in [-0.2, 0) is 16.0 Å². The summed E-state index contributed by atoms with van der Waals surface area (Å²) < 4.78 is 5.67. The number of amides is 2. The van der Waals surface area contributed by atoms with Crippen LogP contribution in [0.3, 0.4) is 0 Å². The van der Waals surface area contributed by atoms with E-state index in [1.165, 1.54) is 0 Å². The maximum atomic E-state index is 12.2. The molecular formula is C21H18Cl2N2O3. The van der Waals surface area contributed by atoms with Crippen LogP contribution in [0, 0.1) is 0 Å². The van der Waals surface area contributed by atoms with E-state index in [2.05, 4.69) is 10.9 Å². The molecule has 0 bridgehead atoms. The molecule has 0 aliphatic rings. The molecule has 0 saturated heterocycles. The van der Waals surface area contributed by atoms with Crippen molar-refractivity contribution in [3.63, 3.8) is 0 Å². The molecule has 0 aliphatic carbocycles. The van der Waals surface area contributed by atoms with Crippen molar-refractivity contribution in [2.24, 2.45) is 0 Å². The molecule has 0 aromatic heterocycles.